The normalized spacial score (nSPS) is 10.5. The molecule has 0 radical (unpaired) electrons. The Morgan fingerprint density at radius 2 is 2.00 bits per heavy atom. The third kappa shape index (κ3) is 6.99. The number of aromatic nitrogens is 2. The van der Waals surface area contributed by atoms with E-state index in [1.165, 1.54) is 6.07 Å². The number of unbranched alkanes of at least 4 members (excludes halogenated alkanes) is 1. The molecule has 2 heterocycles. The minimum Gasteiger partial charge on any atom is -0.478 e. The zero-order chi connectivity index (χ0) is 23.0. The Morgan fingerprint density at radius 1 is 1.26 bits per heavy atom. The summed E-state index contributed by atoms with van der Waals surface area (Å²) in [7, 11) is 1.80. The molecular weight excluding hydrogens is 418 g/mol. The number of rotatable bonds is 10. The molecule has 2 aromatic rings. The first-order chi connectivity index (χ1) is 14.7. The molecule has 0 aliphatic carbocycles. The van der Waals surface area contributed by atoms with Crippen LogP contribution in [0.25, 0.3) is 0 Å². The Kier molecular flexibility index (Phi) is 8.87. The third-order valence-electron chi connectivity index (χ3n) is 4.36. The van der Waals surface area contributed by atoms with Crippen LogP contribution in [0, 0.1) is 5.41 Å². The Hall–Kier alpha value is -3.07. The smallest absolute Gasteiger partial charge is 0.337 e. The van der Waals surface area contributed by atoms with E-state index in [9.17, 15) is 4.79 Å². The lowest BCUT2D eigenvalue weighted by molar-refractivity contribution is 0.254. The van der Waals surface area contributed by atoms with Gasteiger partial charge in [-0.15, -0.1) is 0 Å². The van der Waals surface area contributed by atoms with Gasteiger partial charge in [0.05, 0.1) is 23.7 Å². The maximum atomic E-state index is 12.4. The minimum atomic E-state index is -0.513. The van der Waals surface area contributed by atoms with Gasteiger partial charge in [-0.2, -0.15) is 0 Å². The largest absolute Gasteiger partial charge is 0.478 e. The number of hydrogen-bond donors (Lipinski definition) is 5. The summed E-state index contributed by atoms with van der Waals surface area (Å²) >= 11 is 6.03. The molecule has 0 atom stereocenters. The van der Waals surface area contributed by atoms with Crippen LogP contribution in [0.1, 0.15) is 57.7 Å². The second kappa shape index (κ2) is 11.4. The van der Waals surface area contributed by atoms with E-state index in [1.807, 2.05) is 6.07 Å². The summed E-state index contributed by atoms with van der Waals surface area (Å²) in [6.45, 7) is 8.37. The average Bonchev–Trinajstić information content (AvgIpc) is 2.71. The van der Waals surface area contributed by atoms with Gasteiger partial charge in [-0.3, -0.25) is 10.9 Å². The van der Waals surface area contributed by atoms with Crippen molar-refractivity contribution < 1.29 is 9.53 Å². The Labute approximate surface area is 187 Å². The van der Waals surface area contributed by atoms with Gasteiger partial charge in [0.15, 0.2) is 0 Å². The molecule has 31 heavy (non-hydrogen) atoms. The number of halogens is 1. The quantitative estimate of drug-likeness (QED) is 0.151. The van der Waals surface area contributed by atoms with Gasteiger partial charge in [0.25, 0.3) is 0 Å². The van der Waals surface area contributed by atoms with Gasteiger partial charge in [0.1, 0.15) is 16.7 Å². The van der Waals surface area contributed by atoms with E-state index in [1.54, 1.807) is 20.0 Å². The van der Waals surface area contributed by atoms with E-state index in [0.717, 1.165) is 24.1 Å². The van der Waals surface area contributed by atoms with Crippen LogP contribution in [0.15, 0.2) is 18.2 Å². The number of nitrogens with one attached hydrogen (secondary N) is 5. The van der Waals surface area contributed by atoms with Gasteiger partial charge >= 0.3 is 6.03 Å². The Morgan fingerprint density at radius 3 is 2.61 bits per heavy atom. The molecule has 0 aliphatic heterocycles. The lowest BCUT2D eigenvalue weighted by Crippen LogP contribution is -2.34. The molecule has 0 fully saturated rings. The molecule has 2 amide bonds. The predicted molar refractivity (Wildman–Crippen MR) is 126 cm³/mol. The van der Waals surface area contributed by atoms with Crippen LogP contribution >= 0.6 is 11.6 Å². The number of carbonyl (C=O) groups excluding carboxylic acids is 1. The summed E-state index contributed by atoms with van der Waals surface area (Å²) in [5, 5.41) is 14.0. The number of ether oxygens (including phenoxy) is 1. The Balaban J connectivity index is 2.10. The molecule has 168 valence electrons. The van der Waals surface area contributed by atoms with E-state index in [2.05, 4.69) is 52.2 Å². The molecule has 0 saturated heterocycles. The molecule has 10 heteroatoms. The third-order valence-corrected chi connectivity index (χ3v) is 4.55. The standard InChI is InChI=1S/C21H30ClN7O2/c1-6-7-8-31-18-10-14(9-16(22)26-18)25-21(30)29-28-17-11-15(12(2)3)20(24-5)19(27-17)13(4)23/h9-12,23-24H,6-8H2,1-5H3,(H,27,28)(H2,25,26,29,30). The number of pyridine rings is 2. The molecule has 0 bridgehead atoms. The van der Waals surface area contributed by atoms with E-state index in [0.29, 0.717) is 35.4 Å². The number of urea groups is 1. The van der Waals surface area contributed by atoms with Crippen molar-refractivity contribution in [2.24, 2.45) is 0 Å². The molecule has 0 saturated carbocycles. The van der Waals surface area contributed by atoms with Crippen molar-refractivity contribution in [3.05, 3.63) is 34.6 Å². The van der Waals surface area contributed by atoms with Crippen LogP contribution in [0.2, 0.25) is 5.15 Å². The highest BCUT2D eigenvalue weighted by Crippen LogP contribution is 2.29. The van der Waals surface area contributed by atoms with E-state index in [-0.39, 0.29) is 11.1 Å². The summed E-state index contributed by atoms with van der Waals surface area (Å²) in [5.74, 6) is 0.972. The van der Waals surface area contributed by atoms with Crippen molar-refractivity contribution >= 4 is 40.5 Å². The van der Waals surface area contributed by atoms with Crippen molar-refractivity contribution in [2.45, 2.75) is 46.5 Å². The zero-order valence-corrected chi connectivity index (χ0v) is 19.3. The first-order valence-electron chi connectivity index (χ1n) is 10.2. The molecule has 0 aromatic carbocycles. The molecule has 5 N–H and O–H groups in total. The van der Waals surface area contributed by atoms with Crippen LogP contribution in [-0.2, 0) is 0 Å². The zero-order valence-electron chi connectivity index (χ0n) is 18.5. The van der Waals surface area contributed by atoms with Gasteiger partial charge in [-0.05, 0) is 37.0 Å². The monoisotopic (exact) mass is 447 g/mol. The first kappa shape index (κ1) is 24.2. The lowest BCUT2D eigenvalue weighted by atomic mass is 9.99. The number of hydrogen-bond acceptors (Lipinski definition) is 7. The lowest BCUT2D eigenvalue weighted by Gasteiger charge is -2.18. The van der Waals surface area contributed by atoms with Gasteiger partial charge in [0.2, 0.25) is 5.88 Å². The van der Waals surface area contributed by atoms with Crippen molar-refractivity contribution in [3.8, 4) is 5.88 Å². The van der Waals surface area contributed by atoms with E-state index < -0.39 is 6.03 Å². The second-order valence-corrected chi connectivity index (χ2v) is 7.66. The molecular formula is C21H30ClN7O2. The van der Waals surface area contributed by atoms with E-state index in [4.69, 9.17) is 21.7 Å². The van der Waals surface area contributed by atoms with Crippen molar-refractivity contribution in [1.82, 2.24) is 15.4 Å². The van der Waals surface area contributed by atoms with Crippen LogP contribution in [-0.4, -0.2) is 35.4 Å². The van der Waals surface area contributed by atoms with Crippen molar-refractivity contribution in [3.63, 3.8) is 0 Å². The number of amides is 2. The molecule has 0 unspecified atom stereocenters. The summed E-state index contributed by atoms with van der Waals surface area (Å²) in [4.78, 5) is 20.9. The average molecular weight is 448 g/mol. The summed E-state index contributed by atoms with van der Waals surface area (Å²) in [6, 6.07) is 4.46. The van der Waals surface area contributed by atoms with Crippen molar-refractivity contribution in [1.29, 1.82) is 5.41 Å². The molecule has 0 spiro atoms. The topological polar surface area (TPSA) is 124 Å². The maximum absolute atomic E-state index is 12.4. The summed E-state index contributed by atoms with van der Waals surface area (Å²) in [6.07, 6.45) is 1.90. The fourth-order valence-corrected chi connectivity index (χ4v) is 3.04. The fraction of sp³-hybridized carbons (Fsp3) is 0.429. The number of carbonyl (C=O) groups is 1. The second-order valence-electron chi connectivity index (χ2n) is 7.27. The summed E-state index contributed by atoms with van der Waals surface area (Å²) in [5.41, 5.74) is 8.43. The highest BCUT2D eigenvalue weighted by molar-refractivity contribution is 6.29. The molecule has 9 nitrogen and oxygen atoms in total. The van der Waals surface area contributed by atoms with Crippen LogP contribution in [0.5, 0.6) is 5.88 Å². The van der Waals surface area contributed by atoms with Crippen LogP contribution in [0.3, 0.4) is 0 Å². The van der Waals surface area contributed by atoms with Gasteiger partial charge < -0.3 is 20.8 Å². The highest BCUT2D eigenvalue weighted by atomic mass is 35.5. The highest BCUT2D eigenvalue weighted by Gasteiger charge is 2.16. The number of hydrazine groups is 1. The molecule has 0 aliphatic rings. The maximum Gasteiger partial charge on any atom is 0.337 e. The number of nitrogens with zero attached hydrogens (tertiary/aromatic N) is 2. The van der Waals surface area contributed by atoms with Gasteiger partial charge in [0, 0.05) is 13.1 Å². The predicted octanol–water partition coefficient (Wildman–Crippen LogP) is 5.01. The summed E-state index contributed by atoms with van der Waals surface area (Å²) < 4.78 is 5.55. The van der Waals surface area contributed by atoms with Crippen LogP contribution < -0.4 is 26.2 Å². The van der Waals surface area contributed by atoms with E-state index >= 15 is 0 Å². The first-order valence-corrected chi connectivity index (χ1v) is 10.5. The fourth-order valence-electron chi connectivity index (χ4n) is 2.84. The molecule has 2 rings (SSSR count). The van der Waals surface area contributed by atoms with Gasteiger partial charge in [-0.25, -0.2) is 14.8 Å². The van der Waals surface area contributed by atoms with Gasteiger partial charge in [-0.1, -0.05) is 38.8 Å². The Bertz CT molecular complexity index is 934. The number of anilines is 3. The van der Waals surface area contributed by atoms with Crippen LogP contribution in [0.4, 0.5) is 22.0 Å². The molecule has 2 aromatic heterocycles. The minimum absolute atomic E-state index is 0.197. The SMILES string of the molecule is CCCCOc1cc(NC(=O)NNc2cc(C(C)C)c(NC)c(C(C)=N)n2)cc(Cl)n1. The van der Waals surface area contributed by atoms with Crippen molar-refractivity contribution in [2.75, 3.05) is 29.7 Å².